The summed E-state index contributed by atoms with van der Waals surface area (Å²) in [4.78, 5) is 22.8. The lowest BCUT2D eigenvalue weighted by molar-refractivity contribution is -0.115. The van der Waals surface area contributed by atoms with Gasteiger partial charge in [-0.3, -0.25) is 9.78 Å². The molecule has 0 aliphatic heterocycles. The number of rotatable bonds is 5. The van der Waals surface area contributed by atoms with Crippen molar-refractivity contribution < 1.29 is 9.32 Å². The van der Waals surface area contributed by atoms with E-state index in [1.54, 1.807) is 36.4 Å². The Morgan fingerprint density at radius 1 is 1.21 bits per heavy atom. The molecule has 0 saturated heterocycles. The molecule has 3 heterocycles. The maximum absolute atomic E-state index is 12.3. The molecule has 0 bridgehead atoms. The fourth-order valence-corrected chi connectivity index (χ4v) is 2.80. The van der Waals surface area contributed by atoms with Gasteiger partial charge in [-0.05, 0) is 26.0 Å². The maximum Gasteiger partial charge on any atom is 0.232 e. The zero-order chi connectivity index (χ0) is 20.3. The topological polar surface area (TPSA) is 108 Å². The van der Waals surface area contributed by atoms with Gasteiger partial charge in [0.1, 0.15) is 17.6 Å². The van der Waals surface area contributed by atoms with E-state index in [4.69, 9.17) is 4.52 Å². The van der Waals surface area contributed by atoms with Crippen molar-refractivity contribution in [1.82, 2.24) is 15.1 Å². The van der Waals surface area contributed by atoms with Gasteiger partial charge in [0.15, 0.2) is 0 Å². The molecule has 28 heavy (non-hydrogen) atoms. The Labute approximate surface area is 162 Å². The first-order valence-electron chi connectivity index (χ1n) is 8.64. The first kappa shape index (κ1) is 19.0. The zero-order valence-electron chi connectivity index (χ0n) is 16.1. The number of aromatic nitrogens is 3. The van der Waals surface area contributed by atoms with Gasteiger partial charge in [0.2, 0.25) is 5.91 Å². The van der Waals surface area contributed by atoms with Crippen LogP contribution < -0.4 is 10.2 Å². The Bertz CT molecular complexity index is 1060. The number of pyridine rings is 2. The first-order chi connectivity index (χ1) is 13.4. The second kappa shape index (κ2) is 7.88. The van der Waals surface area contributed by atoms with Crippen LogP contribution in [0.1, 0.15) is 22.7 Å². The monoisotopic (exact) mass is 376 g/mol. The molecule has 0 spiro atoms. The summed E-state index contributed by atoms with van der Waals surface area (Å²) in [7, 11) is 3.67. The quantitative estimate of drug-likeness (QED) is 0.729. The largest absolute Gasteiger partial charge is 0.362 e. The molecule has 0 radical (unpaired) electrons. The third-order valence-electron chi connectivity index (χ3n) is 4.10. The van der Waals surface area contributed by atoms with Crippen molar-refractivity contribution in [1.29, 1.82) is 5.26 Å². The van der Waals surface area contributed by atoms with E-state index in [0.717, 1.165) is 22.5 Å². The number of nitrogens with zero attached hydrogens (tertiary/aromatic N) is 5. The van der Waals surface area contributed by atoms with Gasteiger partial charge < -0.3 is 14.7 Å². The minimum Gasteiger partial charge on any atom is -0.362 e. The van der Waals surface area contributed by atoms with Gasteiger partial charge in [-0.25, -0.2) is 4.98 Å². The van der Waals surface area contributed by atoms with Gasteiger partial charge in [-0.1, -0.05) is 5.16 Å². The highest BCUT2D eigenvalue weighted by atomic mass is 16.5. The summed E-state index contributed by atoms with van der Waals surface area (Å²) in [6.45, 7) is 3.66. The lowest BCUT2D eigenvalue weighted by Gasteiger charge is -2.14. The van der Waals surface area contributed by atoms with Crippen molar-refractivity contribution in [3.63, 3.8) is 0 Å². The van der Waals surface area contributed by atoms with E-state index in [-0.39, 0.29) is 12.3 Å². The number of hydrogen-bond acceptors (Lipinski definition) is 7. The van der Waals surface area contributed by atoms with Crippen LogP contribution in [0.15, 0.2) is 35.1 Å². The van der Waals surface area contributed by atoms with Crippen molar-refractivity contribution in [2.75, 3.05) is 24.3 Å². The van der Waals surface area contributed by atoms with Gasteiger partial charge in [0.05, 0.1) is 29.6 Å². The fraction of sp³-hybridized carbons (Fsp3) is 0.250. The zero-order valence-corrected chi connectivity index (χ0v) is 16.1. The molecule has 0 atom stereocenters. The van der Waals surface area contributed by atoms with Gasteiger partial charge in [0, 0.05) is 43.2 Å². The molecule has 8 nitrogen and oxygen atoms in total. The van der Waals surface area contributed by atoms with E-state index in [2.05, 4.69) is 26.5 Å². The van der Waals surface area contributed by atoms with E-state index in [0.29, 0.717) is 22.8 Å². The van der Waals surface area contributed by atoms with Crippen LogP contribution in [-0.4, -0.2) is 35.1 Å². The molecule has 142 valence electrons. The Kier molecular flexibility index (Phi) is 5.36. The number of anilines is 2. The molecule has 0 saturated carbocycles. The smallest absolute Gasteiger partial charge is 0.232 e. The van der Waals surface area contributed by atoms with Gasteiger partial charge in [-0.2, -0.15) is 5.26 Å². The van der Waals surface area contributed by atoms with E-state index in [1.165, 1.54) is 0 Å². The Morgan fingerprint density at radius 3 is 2.64 bits per heavy atom. The molecule has 3 aromatic rings. The average molecular weight is 376 g/mol. The van der Waals surface area contributed by atoms with Crippen LogP contribution in [0.5, 0.6) is 0 Å². The SMILES string of the molecule is Cc1cc(CC(=O)Nc2cnc(C)c(-c3cnc(N(C)C)c(C#N)c3)c2)on1. The van der Waals surface area contributed by atoms with Crippen LogP contribution in [0.4, 0.5) is 11.5 Å². The molecule has 0 unspecified atom stereocenters. The number of nitrogens with one attached hydrogen (secondary N) is 1. The summed E-state index contributed by atoms with van der Waals surface area (Å²) in [5, 5.41) is 16.0. The lowest BCUT2D eigenvalue weighted by atomic mass is 10.0. The molecule has 3 rings (SSSR count). The molecule has 0 fully saturated rings. The van der Waals surface area contributed by atoms with Crippen LogP contribution in [0.3, 0.4) is 0 Å². The van der Waals surface area contributed by atoms with Gasteiger partial charge in [-0.15, -0.1) is 0 Å². The number of nitriles is 1. The van der Waals surface area contributed by atoms with Gasteiger partial charge in [0.25, 0.3) is 0 Å². The van der Waals surface area contributed by atoms with Crippen LogP contribution in [0.2, 0.25) is 0 Å². The molecule has 8 heteroatoms. The third-order valence-corrected chi connectivity index (χ3v) is 4.10. The van der Waals surface area contributed by atoms with Crippen molar-refractivity contribution in [3.05, 3.63) is 53.3 Å². The van der Waals surface area contributed by atoms with E-state index in [1.807, 2.05) is 27.1 Å². The summed E-state index contributed by atoms with van der Waals surface area (Å²) >= 11 is 0. The summed E-state index contributed by atoms with van der Waals surface area (Å²) in [5.74, 6) is 0.868. The van der Waals surface area contributed by atoms with Crippen LogP contribution in [0.25, 0.3) is 11.1 Å². The third kappa shape index (κ3) is 4.15. The Balaban J connectivity index is 1.85. The van der Waals surface area contributed by atoms with Crippen LogP contribution in [0, 0.1) is 25.2 Å². The summed E-state index contributed by atoms with van der Waals surface area (Å²) in [6, 6.07) is 7.49. The summed E-state index contributed by atoms with van der Waals surface area (Å²) < 4.78 is 5.07. The summed E-state index contributed by atoms with van der Waals surface area (Å²) in [5.41, 5.74) is 4.07. The Morgan fingerprint density at radius 2 is 2.00 bits per heavy atom. The van der Waals surface area contributed by atoms with E-state index in [9.17, 15) is 10.1 Å². The molecule has 0 aliphatic carbocycles. The number of carbonyl (C=O) groups excluding carboxylic acids is 1. The summed E-state index contributed by atoms with van der Waals surface area (Å²) in [6.07, 6.45) is 3.37. The highest BCUT2D eigenvalue weighted by Crippen LogP contribution is 2.28. The standard InChI is InChI=1S/C20H20N6O2/c1-12-5-17(28-25-12)8-19(27)24-16-7-18(13(2)22-11-16)15-6-14(9-21)20(23-10-15)26(3)4/h5-7,10-11H,8H2,1-4H3,(H,24,27). The second-order valence-corrected chi connectivity index (χ2v) is 6.62. The van der Waals surface area contributed by atoms with Crippen molar-refractivity contribution in [2.24, 2.45) is 0 Å². The minimum atomic E-state index is -0.230. The predicted molar refractivity (Wildman–Crippen MR) is 105 cm³/mol. The molecular formula is C20H20N6O2. The maximum atomic E-state index is 12.3. The van der Waals surface area contributed by atoms with Gasteiger partial charge >= 0.3 is 0 Å². The van der Waals surface area contributed by atoms with Crippen molar-refractivity contribution >= 4 is 17.4 Å². The highest BCUT2D eigenvalue weighted by Gasteiger charge is 2.13. The van der Waals surface area contributed by atoms with E-state index >= 15 is 0 Å². The minimum absolute atomic E-state index is 0.0850. The molecule has 3 aromatic heterocycles. The lowest BCUT2D eigenvalue weighted by Crippen LogP contribution is -2.14. The van der Waals surface area contributed by atoms with Crippen molar-refractivity contribution in [3.8, 4) is 17.2 Å². The predicted octanol–water partition coefficient (Wildman–Crippen LogP) is 2.87. The Hall–Kier alpha value is -3.73. The van der Waals surface area contributed by atoms with Crippen LogP contribution >= 0.6 is 0 Å². The molecule has 1 amide bonds. The van der Waals surface area contributed by atoms with E-state index < -0.39 is 0 Å². The average Bonchev–Trinajstić information content (AvgIpc) is 3.07. The second-order valence-electron chi connectivity index (χ2n) is 6.62. The molecule has 0 aromatic carbocycles. The van der Waals surface area contributed by atoms with Crippen molar-refractivity contribution in [2.45, 2.75) is 20.3 Å². The number of amides is 1. The number of carbonyl (C=O) groups is 1. The number of hydrogen-bond donors (Lipinski definition) is 1. The molecule has 1 N–H and O–H groups in total. The van der Waals surface area contributed by atoms with Crippen LogP contribution in [-0.2, 0) is 11.2 Å². The molecular weight excluding hydrogens is 356 g/mol. The molecule has 0 aliphatic rings. The highest BCUT2D eigenvalue weighted by molar-refractivity contribution is 5.92. The normalized spacial score (nSPS) is 10.4. The fourth-order valence-electron chi connectivity index (χ4n) is 2.80. The number of aryl methyl sites for hydroxylation is 2. The first-order valence-corrected chi connectivity index (χ1v) is 8.64.